The predicted octanol–water partition coefficient (Wildman–Crippen LogP) is 1.85. The molecule has 17 heavy (non-hydrogen) atoms. The van der Waals surface area contributed by atoms with Crippen LogP contribution in [0, 0.1) is 0 Å². The number of hydrogen-bond acceptors (Lipinski definition) is 5. The van der Waals surface area contributed by atoms with Gasteiger partial charge in [-0.2, -0.15) is 4.98 Å². The molecule has 1 aliphatic rings. The molecular weight excluding hydrogens is 218 g/mol. The van der Waals surface area contributed by atoms with Gasteiger partial charge >= 0.3 is 0 Å². The molecule has 1 N–H and O–H groups in total. The van der Waals surface area contributed by atoms with Crippen molar-refractivity contribution in [2.75, 3.05) is 13.2 Å². The number of nitrogens with zero attached hydrogens (tertiary/aromatic N) is 2. The summed E-state index contributed by atoms with van der Waals surface area (Å²) < 4.78 is 10.7. The van der Waals surface area contributed by atoms with E-state index in [0.29, 0.717) is 11.9 Å². The minimum absolute atomic E-state index is 0.0567. The largest absolute Gasteiger partial charge is 0.370 e. The standard InChI is InChI=1S/C12H21N3O2/c1-9(2)13-7-3-6-11-14-12(15-17-11)10-5-4-8-16-10/h9-10,13H,3-8H2,1-2H3. The van der Waals surface area contributed by atoms with Crippen molar-refractivity contribution in [2.45, 2.75) is 51.7 Å². The third kappa shape index (κ3) is 3.78. The van der Waals surface area contributed by atoms with Crippen LogP contribution in [0.2, 0.25) is 0 Å². The monoisotopic (exact) mass is 239 g/mol. The minimum atomic E-state index is 0.0567. The number of ether oxygens (including phenoxy) is 1. The van der Waals surface area contributed by atoms with Gasteiger partial charge in [0.15, 0.2) is 0 Å². The van der Waals surface area contributed by atoms with Crippen LogP contribution in [0.1, 0.15) is 50.9 Å². The van der Waals surface area contributed by atoms with Crippen molar-refractivity contribution in [1.29, 1.82) is 0 Å². The van der Waals surface area contributed by atoms with Gasteiger partial charge in [-0.05, 0) is 25.8 Å². The second-order valence-electron chi connectivity index (χ2n) is 4.76. The summed E-state index contributed by atoms with van der Waals surface area (Å²) in [5.41, 5.74) is 0. The Kier molecular flexibility index (Phi) is 4.50. The molecule has 1 unspecified atom stereocenters. The van der Waals surface area contributed by atoms with Crippen molar-refractivity contribution in [3.63, 3.8) is 0 Å². The third-order valence-corrected chi connectivity index (χ3v) is 2.82. The maximum Gasteiger partial charge on any atom is 0.226 e. The van der Waals surface area contributed by atoms with Crippen LogP contribution in [0.3, 0.4) is 0 Å². The SMILES string of the molecule is CC(C)NCCCc1nc(C2CCCO2)no1. The van der Waals surface area contributed by atoms with Crippen molar-refractivity contribution in [3.8, 4) is 0 Å². The van der Waals surface area contributed by atoms with Gasteiger partial charge in [0.2, 0.25) is 11.7 Å². The lowest BCUT2D eigenvalue weighted by Crippen LogP contribution is -2.23. The predicted molar refractivity (Wildman–Crippen MR) is 63.7 cm³/mol. The zero-order chi connectivity index (χ0) is 12.1. The highest BCUT2D eigenvalue weighted by Gasteiger charge is 2.22. The molecule has 0 saturated carbocycles. The molecule has 96 valence electrons. The molecule has 5 heteroatoms. The zero-order valence-electron chi connectivity index (χ0n) is 10.6. The van der Waals surface area contributed by atoms with Gasteiger partial charge < -0.3 is 14.6 Å². The van der Waals surface area contributed by atoms with Crippen molar-refractivity contribution >= 4 is 0 Å². The van der Waals surface area contributed by atoms with Gasteiger partial charge in [-0.1, -0.05) is 19.0 Å². The van der Waals surface area contributed by atoms with Crippen LogP contribution in [-0.2, 0) is 11.2 Å². The van der Waals surface area contributed by atoms with Gasteiger partial charge in [0.05, 0.1) is 0 Å². The van der Waals surface area contributed by atoms with E-state index in [1.54, 1.807) is 0 Å². The second kappa shape index (κ2) is 6.12. The fourth-order valence-corrected chi connectivity index (χ4v) is 1.91. The van der Waals surface area contributed by atoms with E-state index in [9.17, 15) is 0 Å². The maximum atomic E-state index is 5.51. The molecule has 1 fully saturated rings. The zero-order valence-corrected chi connectivity index (χ0v) is 10.6. The Morgan fingerprint density at radius 3 is 3.06 bits per heavy atom. The molecule has 1 aliphatic heterocycles. The average Bonchev–Trinajstić information content (AvgIpc) is 2.94. The Balaban J connectivity index is 1.74. The summed E-state index contributed by atoms with van der Waals surface area (Å²) >= 11 is 0. The van der Waals surface area contributed by atoms with Gasteiger partial charge in [-0.15, -0.1) is 0 Å². The van der Waals surface area contributed by atoms with Crippen molar-refractivity contribution in [3.05, 3.63) is 11.7 Å². The average molecular weight is 239 g/mol. The van der Waals surface area contributed by atoms with Gasteiger partial charge in [0.25, 0.3) is 0 Å². The summed E-state index contributed by atoms with van der Waals surface area (Å²) in [6.45, 7) is 6.08. The summed E-state index contributed by atoms with van der Waals surface area (Å²) in [6, 6.07) is 0.528. The lowest BCUT2D eigenvalue weighted by molar-refractivity contribution is 0.103. The van der Waals surface area contributed by atoms with Crippen LogP contribution < -0.4 is 5.32 Å². The highest BCUT2D eigenvalue weighted by Crippen LogP contribution is 2.26. The molecule has 2 rings (SSSR count). The van der Waals surface area contributed by atoms with E-state index in [1.807, 2.05) is 0 Å². The first-order valence-corrected chi connectivity index (χ1v) is 6.43. The number of hydrogen-bond donors (Lipinski definition) is 1. The van der Waals surface area contributed by atoms with Crippen LogP contribution in [0.25, 0.3) is 0 Å². The molecule has 1 aromatic heterocycles. The highest BCUT2D eigenvalue weighted by atomic mass is 16.5. The van der Waals surface area contributed by atoms with E-state index in [0.717, 1.165) is 44.7 Å². The minimum Gasteiger partial charge on any atom is -0.370 e. The summed E-state index contributed by atoms with van der Waals surface area (Å²) in [7, 11) is 0. The number of nitrogens with one attached hydrogen (secondary N) is 1. The fraction of sp³-hybridized carbons (Fsp3) is 0.833. The first-order valence-electron chi connectivity index (χ1n) is 6.43. The van der Waals surface area contributed by atoms with Crippen molar-refractivity contribution in [1.82, 2.24) is 15.5 Å². The normalized spacial score (nSPS) is 20.3. The van der Waals surface area contributed by atoms with E-state index >= 15 is 0 Å². The fourth-order valence-electron chi connectivity index (χ4n) is 1.91. The summed E-state index contributed by atoms with van der Waals surface area (Å²) in [5.74, 6) is 1.44. The number of rotatable bonds is 6. The van der Waals surface area contributed by atoms with E-state index in [2.05, 4.69) is 29.3 Å². The van der Waals surface area contributed by atoms with Crippen LogP contribution in [0.15, 0.2) is 4.52 Å². The van der Waals surface area contributed by atoms with Gasteiger partial charge in [-0.3, -0.25) is 0 Å². The van der Waals surface area contributed by atoms with E-state index in [1.165, 1.54) is 0 Å². The molecule has 1 atom stereocenters. The first kappa shape index (κ1) is 12.5. The van der Waals surface area contributed by atoms with E-state index in [-0.39, 0.29) is 6.10 Å². The molecule has 0 amide bonds. The molecule has 0 radical (unpaired) electrons. The molecule has 1 aromatic rings. The third-order valence-electron chi connectivity index (χ3n) is 2.82. The van der Waals surface area contributed by atoms with Crippen LogP contribution in [0.4, 0.5) is 0 Å². The number of aryl methyl sites for hydroxylation is 1. The lowest BCUT2D eigenvalue weighted by Gasteiger charge is -2.05. The summed E-state index contributed by atoms with van der Waals surface area (Å²) in [6.07, 6.45) is 4.01. The Labute approximate surface area is 102 Å². The molecular formula is C12H21N3O2. The highest BCUT2D eigenvalue weighted by molar-refractivity contribution is 4.93. The Bertz CT molecular complexity index is 332. The van der Waals surface area contributed by atoms with E-state index in [4.69, 9.17) is 9.26 Å². The van der Waals surface area contributed by atoms with Crippen LogP contribution >= 0.6 is 0 Å². The smallest absolute Gasteiger partial charge is 0.226 e. The summed E-state index contributed by atoms with van der Waals surface area (Å²) in [5, 5.41) is 7.34. The van der Waals surface area contributed by atoms with Crippen LogP contribution in [-0.4, -0.2) is 29.3 Å². The van der Waals surface area contributed by atoms with Crippen LogP contribution in [0.5, 0.6) is 0 Å². The number of aromatic nitrogens is 2. The Hall–Kier alpha value is -0.940. The molecule has 0 spiro atoms. The molecule has 0 aromatic carbocycles. The molecule has 0 bridgehead atoms. The Morgan fingerprint density at radius 1 is 1.47 bits per heavy atom. The molecule has 5 nitrogen and oxygen atoms in total. The van der Waals surface area contributed by atoms with E-state index < -0.39 is 0 Å². The van der Waals surface area contributed by atoms with Gasteiger partial charge in [0, 0.05) is 19.1 Å². The van der Waals surface area contributed by atoms with Crippen molar-refractivity contribution < 1.29 is 9.26 Å². The summed E-state index contributed by atoms with van der Waals surface area (Å²) in [4.78, 5) is 4.38. The molecule has 1 saturated heterocycles. The maximum absolute atomic E-state index is 5.51. The second-order valence-corrected chi connectivity index (χ2v) is 4.76. The molecule has 0 aliphatic carbocycles. The quantitative estimate of drug-likeness (QED) is 0.768. The lowest BCUT2D eigenvalue weighted by atomic mass is 10.2. The molecule has 2 heterocycles. The van der Waals surface area contributed by atoms with Gasteiger partial charge in [-0.25, -0.2) is 0 Å². The van der Waals surface area contributed by atoms with Gasteiger partial charge in [0.1, 0.15) is 6.10 Å². The topological polar surface area (TPSA) is 60.2 Å². The van der Waals surface area contributed by atoms with Crippen molar-refractivity contribution in [2.24, 2.45) is 0 Å². The first-order chi connectivity index (χ1) is 8.25. The Morgan fingerprint density at radius 2 is 2.35 bits per heavy atom.